The van der Waals surface area contributed by atoms with Gasteiger partial charge in [-0.05, 0) is 56.3 Å². The minimum absolute atomic E-state index is 0.477. The van der Waals surface area contributed by atoms with Gasteiger partial charge in [0.2, 0.25) is 0 Å². The quantitative estimate of drug-likeness (QED) is 0.557. The van der Waals surface area contributed by atoms with Crippen LogP contribution in [0.4, 0.5) is 0 Å². The molecule has 4 aliphatic rings. The molecule has 0 saturated heterocycles. The molecule has 0 aromatic heterocycles. The van der Waals surface area contributed by atoms with Crippen LogP contribution < -0.4 is 0 Å². The smallest absolute Gasteiger partial charge is 0.136 e. The third-order valence-corrected chi connectivity index (χ3v) is 4.49. The molecular formula is C12H18O. The van der Waals surface area contributed by atoms with Crippen LogP contribution in [0.25, 0.3) is 0 Å². The van der Waals surface area contributed by atoms with Crippen molar-refractivity contribution < 1.29 is 4.79 Å². The first-order valence-electron chi connectivity index (χ1n) is 5.84. The summed E-state index contributed by atoms with van der Waals surface area (Å²) in [5.41, 5.74) is 0. The van der Waals surface area contributed by atoms with Gasteiger partial charge in [0.15, 0.2) is 0 Å². The molecule has 4 rings (SSSR count). The standard InChI is InChI=1S/C12H18O/c13-12-2-1-8-3-9-5-10(4-8)7-11(12)6-9/h8-11H,1-7H2. The third-order valence-electron chi connectivity index (χ3n) is 4.49. The van der Waals surface area contributed by atoms with E-state index < -0.39 is 0 Å². The van der Waals surface area contributed by atoms with E-state index in [0.29, 0.717) is 11.7 Å². The molecule has 13 heavy (non-hydrogen) atoms. The summed E-state index contributed by atoms with van der Waals surface area (Å²) in [6, 6.07) is 0. The molecule has 0 radical (unpaired) electrons. The highest BCUT2D eigenvalue weighted by Crippen LogP contribution is 2.48. The van der Waals surface area contributed by atoms with Gasteiger partial charge < -0.3 is 0 Å². The second-order valence-electron chi connectivity index (χ2n) is 5.48. The molecule has 4 saturated carbocycles. The Kier molecular flexibility index (Phi) is 1.75. The molecule has 4 aliphatic carbocycles. The van der Waals surface area contributed by atoms with Crippen molar-refractivity contribution in [1.82, 2.24) is 0 Å². The molecule has 0 spiro atoms. The molecule has 0 aromatic rings. The number of Topliss-reactive ketones (excluding diaryl/α,β-unsaturated/α-hetero) is 1. The summed E-state index contributed by atoms with van der Waals surface area (Å²) in [5.74, 6) is 3.83. The lowest BCUT2D eigenvalue weighted by Crippen LogP contribution is -2.37. The van der Waals surface area contributed by atoms with Crippen LogP contribution in [0.15, 0.2) is 0 Å². The molecular weight excluding hydrogens is 160 g/mol. The van der Waals surface area contributed by atoms with Crippen LogP contribution in [0, 0.1) is 23.7 Å². The molecule has 0 amide bonds. The van der Waals surface area contributed by atoms with Gasteiger partial charge in [-0.15, -0.1) is 0 Å². The highest BCUT2D eigenvalue weighted by atomic mass is 16.1. The molecule has 72 valence electrons. The van der Waals surface area contributed by atoms with Crippen LogP contribution in [-0.4, -0.2) is 5.78 Å². The minimum Gasteiger partial charge on any atom is -0.299 e. The van der Waals surface area contributed by atoms with Gasteiger partial charge in [-0.2, -0.15) is 0 Å². The maximum absolute atomic E-state index is 11.7. The monoisotopic (exact) mass is 178 g/mol. The Bertz CT molecular complexity index is 219. The first-order valence-corrected chi connectivity index (χ1v) is 5.84. The van der Waals surface area contributed by atoms with Gasteiger partial charge >= 0.3 is 0 Å². The fourth-order valence-electron chi connectivity index (χ4n) is 4.04. The molecule has 2 atom stereocenters. The second-order valence-corrected chi connectivity index (χ2v) is 5.48. The van der Waals surface area contributed by atoms with Crippen LogP contribution >= 0.6 is 0 Å². The van der Waals surface area contributed by atoms with Crippen LogP contribution in [0.5, 0.6) is 0 Å². The van der Waals surface area contributed by atoms with Gasteiger partial charge in [0.05, 0.1) is 0 Å². The van der Waals surface area contributed by atoms with E-state index in [1.807, 2.05) is 0 Å². The van der Waals surface area contributed by atoms with Crippen LogP contribution in [0.2, 0.25) is 0 Å². The molecule has 2 unspecified atom stereocenters. The van der Waals surface area contributed by atoms with Crippen molar-refractivity contribution in [3.05, 3.63) is 0 Å². The summed E-state index contributed by atoms with van der Waals surface area (Å²) >= 11 is 0. The van der Waals surface area contributed by atoms with E-state index >= 15 is 0 Å². The Balaban J connectivity index is 1.88. The summed E-state index contributed by atoms with van der Waals surface area (Å²) in [7, 11) is 0. The zero-order valence-corrected chi connectivity index (χ0v) is 8.17. The van der Waals surface area contributed by atoms with Crippen molar-refractivity contribution in [2.75, 3.05) is 0 Å². The SMILES string of the molecule is O=C1CCC2CC3CC(C2)CC1C3. The van der Waals surface area contributed by atoms with Gasteiger partial charge in [0.25, 0.3) is 0 Å². The van der Waals surface area contributed by atoms with Crippen LogP contribution in [-0.2, 0) is 4.79 Å². The molecule has 0 N–H and O–H groups in total. The van der Waals surface area contributed by atoms with E-state index in [1.54, 1.807) is 0 Å². The number of ketones is 1. The number of fused-ring (bicyclic) bond motifs is 2. The van der Waals surface area contributed by atoms with E-state index in [-0.39, 0.29) is 0 Å². The summed E-state index contributed by atoms with van der Waals surface area (Å²) in [4.78, 5) is 11.7. The van der Waals surface area contributed by atoms with Gasteiger partial charge in [0.1, 0.15) is 5.78 Å². The maximum atomic E-state index is 11.7. The predicted molar refractivity (Wildman–Crippen MR) is 51.3 cm³/mol. The minimum atomic E-state index is 0.477. The van der Waals surface area contributed by atoms with E-state index in [9.17, 15) is 4.79 Å². The van der Waals surface area contributed by atoms with Crippen LogP contribution in [0.3, 0.4) is 0 Å². The zero-order chi connectivity index (χ0) is 8.84. The van der Waals surface area contributed by atoms with E-state index in [1.165, 1.54) is 38.5 Å². The Labute approximate surface area is 79.9 Å². The molecule has 1 nitrogen and oxygen atoms in total. The van der Waals surface area contributed by atoms with E-state index in [0.717, 1.165) is 24.2 Å². The third kappa shape index (κ3) is 1.33. The lowest BCUT2D eigenvalue weighted by molar-refractivity contribution is -0.128. The van der Waals surface area contributed by atoms with Gasteiger partial charge in [-0.25, -0.2) is 0 Å². The largest absolute Gasteiger partial charge is 0.299 e. The first kappa shape index (κ1) is 8.02. The van der Waals surface area contributed by atoms with Crippen molar-refractivity contribution >= 4 is 5.78 Å². The van der Waals surface area contributed by atoms with Gasteiger partial charge in [-0.1, -0.05) is 0 Å². The lowest BCUT2D eigenvalue weighted by atomic mass is 9.61. The van der Waals surface area contributed by atoms with Crippen molar-refractivity contribution in [3.63, 3.8) is 0 Å². The number of hydrogen-bond donors (Lipinski definition) is 0. The van der Waals surface area contributed by atoms with Crippen molar-refractivity contribution in [3.8, 4) is 0 Å². The van der Waals surface area contributed by atoms with Gasteiger partial charge in [-0.3, -0.25) is 4.79 Å². The Morgan fingerprint density at radius 3 is 2.15 bits per heavy atom. The fourth-order valence-corrected chi connectivity index (χ4v) is 4.04. The zero-order valence-electron chi connectivity index (χ0n) is 8.17. The Hall–Kier alpha value is -0.330. The Morgan fingerprint density at radius 2 is 1.46 bits per heavy atom. The van der Waals surface area contributed by atoms with Crippen LogP contribution in [0.1, 0.15) is 44.9 Å². The number of hydrogen-bond acceptors (Lipinski definition) is 1. The summed E-state index contributed by atoms with van der Waals surface area (Å²) < 4.78 is 0. The molecule has 4 bridgehead atoms. The summed E-state index contributed by atoms with van der Waals surface area (Å²) in [5, 5.41) is 0. The molecule has 0 aromatic carbocycles. The average molecular weight is 178 g/mol. The number of rotatable bonds is 0. The molecule has 1 heteroatoms. The van der Waals surface area contributed by atoms with Crippen molar-refractivity contribution in [2.24, 2.45) is 23.7 Å². The molecule has 4 fully saturated rings. The number of carbonyl (C=O) groups excluding carboxylic acids is 1. The molecule has 0 heterocycles. The summed E-state index contributed by atoms with van der Waals surface area (Å²) in [6.45, 7) is 0. The predicted octanol–water partition coefficient (Wildman–Crippen LogP) is 2.79. The normalized spacial score (nSPS) is 49.1. The average Bonchev–Trinajstić information content (AvgIpc) is 2.11. The molecule has 0 aliphatic heterocycles. The first-order chi connectivity index (χ1) is 6.31. The summed E-state index contributed by atoms with van der Waals surface area (Å²) in [6.07, 6.45) is 8.93. The fraction of sp³-hybridized carbons (Fsp3) is 0.917. The lowest BCUT2D eigenvalue weighted by Gasteiger charge is -2.44. The Morgan fingerprint density at radius 1 is 0.846 bits per heavy atom. The maximum Gasteiger partial charge on any atom is 0.136 e. The topological polar surface area (TPSA) is 17.1 Å². The number of carbonyl (C=O) groups is 1. The van der Waals surface area contributed by atoms with Gasteiger partial charge in [0, 0.05) is 12.3 Å². The second kappa shape index (κ2) is 2.83. The van der Waals surface area contributed by atoms with Crippen molar-refractivity contribution in [2.45, 2.75) is 44.9 Å². The van der Waals surface area contributed by atoms with E-state index in [4.69, 9.17) is 0 Å². The highest BCUT2D eigenvalue weighted by molar-refractivity contribution is 5.81. The van der Waals surface area contributed by atoms with E-state index in [2.05, 4.69) is 0 Å². The van der Waals surface area contributed by atoms with Crippen molar-refractivity contribution in [1.29, 1.82) is 0 Å². The highest BCUT2D eigenvalue weighted by Gasteiger charge is 2.40.